The summed E-state index contributed by atoms with van der Waals surface area (Å²) in [4.78, 5) is 4.19. The summed E-state index contributed by atoms with van der Waals surface area (Å²) in [6.45, 7) is 6.15. The van der Waals surface area contributed by atoms with Crippen LogP contribution in [0.4, 0.5) is 0 Å². The van der Waals surface area contributed by atoms with Crippen molar-refractivity contribution in [2.24, 2.45) is 0 Å². The maximum absolute atomic E-state index is 5.82. The van der Waals surface area contributed by atoms with Gasteiger partial charge in [-0.05, 0) is 31.9 Å². The molecule has 0 saturated carbocycles. The first-order valence-electron chi connectivity index (χ1n) is 5.01. The number of nitrogens with zero attached hydrogens (tertiary/aromatic N) is 3. The van der Waals surface area contributed by atoms with E-state index >= 15 is 0 Å². The molecule has 1 heterocycles. The molecule has 0 amide bonds. The van der Waals surface area contributed by atoms with Crippen molar-refractivity contribution in [3.63, 3.8) is 0 Å². The Morgan fingerprint density at radius 1 is 1.06 bits per heavy atom. The average Bonchev–Trinajstić information content (AvgIpc) is 2.15. The average molecular weight is 234 g/mol. The van der Waals surface area contributed by atoms with Crippen LogP contribution in [0.1, 0.15) is 16.7 Å². The van der Waals surface area contributed by atoms with E-state index in [1.807, 2.05) is 13.8 Å². The fraction of sp³-hybridized carbons (Fsp3) is 0.250. The third kappa shape index (κ3) is 2.04. The van der Waals surface area contributed by atoms with Crippen molar-refractivity contribution in [1.82, 2.24) is 15.2 Å². The molecule has 0 aliphatic rings. The standard InChI is InChI=1S/C12H12ClN3/c1-7-4-8(2)11(9(3)5-7)12-15-10(13)6-14-16-12/h4-6H,1-3H3. The summed E-state index contributed by atoms with van der Waals surface area (Å²) in [6.07, 6.45) is 1.43. The molecule has 1 aromatic carbocycles. The molecule has 2 rings (SSSR count). The van der Waals surface area contributed by atoms with E-state index in [0.29, 0.717) is 11.0 Å². The second-order valence-corrected chi connectivity index (χ2v) is 4.26. The molecule has 0 atom stereocenters. The lowest BCUT2D eigenvalue weighted by Gasteiger charge is -2.09. The van der Waals surface area contributed by atoms with E-state index in [0.717, 1.165) is 16.7 Å². The fourth-order valence-electron chi connectivity index (χ4n) is 1.92. The molecule has 82 valence electrons. The highest BCUT2D eigenvalue weighted by Gasteiger charge is 2.10. The summed E-state index contributed by atoms with van der Waals surface area (Å²) in [5.74, 6) is 0.586. The zero-order valence-corrected chi connectivity index (χ0v) is 10.2. The number of aromatic nitrogens is 3. The van der Waals surface area contributed by atoms with Gasteiger partial charge < -0.3 is 0 Å². The molecular formula is C12H12ClN3. The van der Waals surface area contributed by atoms with Gasteiger partial charge in [-0.15, -0.1) is 5.10 Å². The highest BCUT2D eigenvalue weighted by Crippen LogP contribution is 2.25. The van der Waals surface area contributed by atoms with Crippen molar-refractivity contribution in [1.29, 1.82) is 0 Å². The van der Waals surface area contributed by atoms with Crippen molar-refractivity contribution in [3.8, 4) is 11.4 Å². The van der Waals surface area contributed by atoms with Crippen LogP contribution < -0.4 is 0 Å². The van der Waals surface area contributed by atoms with Gasteiger partial charge in [0, 0.05) is 5.56 Å². The van der Waals surface area contributed by atoms with Crippen molar-refractivity contribution in [2.45, 2.75) is 20.8 Å². The minimum Gasteiger partial charge on any atom is -0.213 e. The predicted octanol–water partition coefficient (Wildman–Crippen LogP) is 3.12. The van der Waals surface area contributed by atoms with Crippen LogP contribution in [0.2, 0.25) is 5.15 Å². The molecule has 0 spiro atoms. The summed E-state index contributed by atoms with van der Waals surface area (Å²) in [6, 6.07) is 4.21. The molecule has 0 fully saturated rings. The Balaban J connectivity index is 2.64. The molecule has 1 aromatic heterocycles. The Kier molecular flexibility index (Phi) is 2.88. The molecule has 3 nitrogen and oxygen atoms in total. The van der Waals surface area contributed by atoms with E-state index in [1.165, 1.54) is 11.8 Å². The van der Waals surface area contributed by atoms with Crippen molar-refractivity contribution < 1.29 is 0 Å². The Morgan fingerprint density at radius 2 is 1.69 bits per heavy atom. The number of aryl methyl sites for hydroxylation is 3. The lowest BCUT2D eigenvalue weighted by molar-refractivity contribution is 0.975. The van der Waals surface area contributed by atoms with E-state index < -0.39 is 0 Å². The quantitative estimate of drug-likeness (QED) is 0.760. The van der Waals surface area contributed by atoms with Crippen LogP contribution in [0.25, 0.3) is 11.4 Å². The maximum Gasteiger partial charge on any atom is 0.183 e. The zero-order valence-electron chi connectivity index (χ0n) is 9.45. The van der Waals surface area contributed by atoms with Crippen LogP contribution in [-0.4, -0.2) is 15.2 Å². The highest BCUT2D eigenvalue weighted by atomic mass is 35.5. The Bertz CT molecular complexity index is 515. The lowest BCUT2D eigenvalue weighted by Crippen LogP contribution is -1.97. The van der Waals surface area contributed by atoms with Gasteiger partial charge >= 0.3 is 0 Å². The fourth-order valence-corrected chi connectivity index (χ4v) is 2.05. The molecule has 0 saturated heterocycles. The lowest BCUT2D eigenvalue weighted by atomic mass is 9.99. The molecule has 0 bridgehead atoms. The van der Waals surface area contributed by atoms with E-state index in [9.17, 15) is 0 Å². The van der Waals surface area contributed by atoms with E-state index in [-0.39, 0.29) is 0 Å². The van der Waals surface area contributed by atoms with Crippen LogP contribution in [0, 0.1) is 20.8 Å². The monoisotopic (exact) mass is 233 g/mol. The first-order chi connectivity index (χ1) is 7.58. The third-order valence-electron chi connectivity index (χ3n) is 2.43. The highest BCUT2D eigenvalue weighted by molar-refractivity contribution is 6.29. The van der Waals surface area contributed by atoms with Gasteiger partial charge in [0.1, 0.15) is 0 Å². The molecule has 0 aliphatic heterocycles. The largest absolute Gasteiger partial charge is 0.213 e. The van der Waals surface area contributed by atoms with E-state index in [2.05, 4.69) is 34.2 Å². The van der Waals surface area contributed by atoms with Gasteiger partial charge in [-0.25, -0.2) is 4.98 Å². The minimum atomic E-state index is 0.365. The molecule has 0 radical (unpaired) electrons. The van der Waals surface area contributed by atoms with Crippen molar-refractivity contribution in [2.75, 3.05) is 0 Å². The summed E-state index contributed by atoms with van der Waals surface area (Å²) in [5, 5.41) is 8.20. The number of hydrogen-bond donors (Lipinski definition) is 0. The van der Waals surface area contributed by atoms with Gasteiger partial charge in [0.25, 0.3) is 0 Å². The van der Waals surface area contributed by atoms with Crippen molar-refractivity contribution >= 4 is 11.6 Å². The smallest absolute Gasteiger partial charge is 0.183 e. The summed E-state index contributed by atoms with van der Waals surface area (Å²) in [7, 11) is 0. The number of benzene rings is 1. The third-order valence-corrected chi connectivity index (χ3v) is 2.61. The summed E-state index contributed by atoms with van der Waals surface area (Å²) in [5.41, 5.74) is 4.53. The SMILES string of the molecule is Cc1cc(C)c(-c2nncc(Cl)n2)c(C)c1. The Morgan fingerprint density at radius 3 is 2.25 bits per heavy atom. The number of halogens is 1. The predicted molar refractivity (Wildman–Crippen MR) is 64.5 cm³/mol. The second kappa shape index (κ2) is 4.18. The Labute approximate surface area is 99.5 Å². The van der Waals surface area contributed by atoms with Gasteiger partial charge in [0.05, 0.1) is 6.20 Å². The Hall–Kier alpha value is -1.48. The number of hydrogen-bond acceptors (Lipinski definition) is 3. The van der Waals surface area contributed by atoms with Crippen LogP contribution in [0.15, 0.2) is 18.3 Å². The molecule has 0 aliphatic carbocycles. The minimum absolute atomic E-state index is 0.365. The molecule has 0 N–H and O–H groups in total. The van der Waals surface area contributed by atoms with Gasteiger partial charge in [-0.2, -0.15) is 5.10 Å². The first kappa shape index (κ1) is 11.0. The van der Waals surface area contributed by atoms with Crippen LogP contribution in [0.3, 0.4) is 0 Å². The van der Waals surface area contributed by atoms with Crippen LogP contribution in [0.5, 0.6) is 0 Å². The summed E-state index contributed by atoms with van der Waals surface area (Å²) >= 11 is 5.82. The second-order valence-electron chi connectivity index (χ2n) is 3.88. The van der Waals surface area contributed by atoms with E-state index in [4.69, 9.17) is 11.6 Å². The van der Waals surface area contributed by atoms with Gasteiger partial charge in [0.2, 0.25) is 0 Å². The molecule has 16 heavy (non-hydrogen) atoms. The molecule has 4 heteroatoms. The zero-order chi connectivity index (χ0) is 11.7. The topological polar surface area (TPSA) is 38.7 Å². The molecule has 2 aromatic rings. The van der Waals surface area contributed by atoms with Gasteiger partial charge in [-0.1, -0.05) is 29.3 Å². The molecule has 0 unspecified atom stereocenters. The molecular weight excluding hydrogens is 222 g/mol. The van der Waals surface area contributed by atoms with E-state index in [1.54, 1.807) is 0 Å². The first-order valence-corrected chi connectivity index (χ1v) is 5.39. The van der Waals surface area contributed by atoms with Crippen LogP contribution >= 0.6 is 11.6 Å². The van der Waals surface area contributed by atoms with Crippen LogP contribution in [-0.2, 0) is 0 Å². The van der Waals surface area contributed by atoms with Gasteiger partial charge in [0.15, 0.2) is 11.0 Å². The maximum atomic E-state index is 5.82. The van der Waals surface area contributed by atoms with Gasteiger partial charge in [-0.3, -0.25) is 0 Å². The number of rotatable bonds is 1. The normalized spacial score (nSPS) is 10.5. The summed E-state index contributed by atoms with van der Waals surface area (Å²) < 4.78 is 0. The van der Waals surface area contributed by atoms with Crippen molar-refractivity contribution in [3.05, 3.63) is 40.2 Å².